The lowest BCUT2D eigenvalue weighted by molar-refractivity contribution is -0.136. The molecule has 3 aromatic rings. The second-order valence-electron chi connectivity index (χ2n) is 6.80. The number of carboxylic acid groups (broad SMARTS) is 1. The van der Waals surface area contributed by atoms with E-state index in [1.54, 1.807) is 24.5 Å². The SMILES string of the molecule is O=C(O)Cc1ccccc1OCc1coc2c(/C=C/C3CC3)cc(Cl)cc12. The first-order valence-electron chi connectivity index (χ1n) is 8.90. The first-order valence-corrected chi connectivity index (χ1v) is 9.28. The molecule has 1 aliphatic carbocycles. The van der Waals surface area contributed by atoms with E-state index < -0.39 is 5.97 Å². The quantitative estimate of drug-likeness (QED) is 0.568. The summed E-state index contributed by atoms with van der Waals surface area (Å²) in [7, 11) is 0. The third-order valence-corrected chi connectivity index (χ3v) is 4.83. The van der Waals surface area contributed by atoms with E-state index in [1.807, 2.05) is 18.2 Å². The first-order chi connectivity index (χ1) is 13.1. The van der Waals surface area contributed by atoms with Crippen molar-refractivity contribution in [3.05, 3.63) is 70.5 Å². The van der Waals surface area contributed by atoms with Gasteiger partial charge in [-0.15, -0.1) is 0 Å². The second kappa shape index (κ2) is 7.49. The van der Waals surface area contributed by atoms with Gasteiger partial charge in [-0.2, -0.15) is 0 Å². The number of furan rings is 1. The highest BCUT2D eigenvalue weighted by Gasteiger charge is 2.18. The molecule has 1 fully saturated rings. The van der Waals surface area contributed by atoms with Crippen LogP contribution in [0.3, 0.4) is 0 Å². The Morgan fingerprint density at radius 1 is 1.26 bits per heavy atom. The second-order valence-corrected chi connectivity index (χ2v) is 7.23. The zero-order valence-corrected chi connectivity index (χ0v) is 15.4. The summed E-state index contributed by atoms with van der Waals surface area (Å²) in [6.07, 6.45) is 8.36. The van der Waals surface area contributed by atoms with E-state index in [0.29, 0.717) is 22.3 Å². The molecule has 4 nitrogen and oxygen atoms in total. The van der Waals surface area contributed by atoms with E-state index in [2.05, 4.69) is 12.2 Å². The van der Waals surface area contributed by atoms with Gasteiger partial charge in [0.1, 0.15) is 17.9 Å². The maximum absolute atomic E-state index is 11.0. The van der Waals surface area contributed by atoms with Crippen molar-refractivity contribution in [2.24, 2.45) is 5.92 Å². The van der Waals surface area contributed by atoms with E-state index in [-0.39, 0.29) is 13.0 Å². The number of benzene rings is 2. The summed E-state index contributed by atoms with van der Waals surface area (Å²) in [5.41, 5.74) is 3.26. The van der Waals surface area contributed by atoms with Gasteiger partial charge in [0, 0.05) is 27.1 Å². The third kappa shape index (κ3) is 4.17. The van der Waals surface area contributed by atoms with Gasteiger partial charge in [-0.1, -0.05) is 42.0 Å². The van der Waals surface area contributed by atoms with Crippen LogP contribution in [-0.2, 0) is 17.8 Å². The van der Waals surface area contributed by atoms with Crippen LogP contribution in [0.1, 0.15) is 29.5 Å². The minimum Gasteiger partial charge on any atom is -0.488 e. The Balaban J connectivity index is 1.59. The van der Waals surface area contributed by atoms with Crippen molar-refractivity contribution in [1.82, 2.24) is 0 Å². The van der Waals surface area contributed by atoms with Gasteiger partial charge in [-0.3, -0.25) is 4.79 Å². The molecule has 1 heterocycles. The Kier molecular flexibility index (Phi) is 4.90. The molecule has 27 heavy (non-hydrogen) atoms. The maximum atomic E-state index is 11.0. The molecule has 0 atom stereocenters. The van der Waals surface area contributed by atoms with Crippen LogP contribution in [0.5, 0.6) is 5.75 Å². The van der Waals surface area contributed by atoms with E-state index in [0.717, 1.165) is 22.1 Å². The Hall–Kier alpha value is -2.72. The average Bonchev–Trinajstić information content (AvgIpc) is 3.38. The highest BCUT2D eigenvalue weighted by atomic mass is 35.5. The molecule has 2 aromatic carbocycles. The van der Waals surface area contributed by atoms with Crippen molar-refractivity contribution >= 4 is 34.6 Å². The number of halogens is 1. The van der Waals surface area contributed by atoms with Crippen molar-refractivity contribution in [1.29, 1.82) is 0 Å². The van der Waals surface area contributed by atoms with Crippen LogP contribution in [0.15, 0.2) is 53.2 Å². The summed E-state index contributed by atoms with van der Waals surface area (Å²) >= 11 is 6.30. The van der Waals surface area contributed by atoms with Crippen molar-refractivity contribution in [3.8, 4) is 5.75 Å². The molecule has 0 aliphatic heterocycles. The summed E-state index contributed by atoms with van der Waals surface area (Å²) in [6.45, 7) is 0.274. The molecule has 0 spiro atoms. The maximum Gasteiger partial charge on any atom is 0.307 e. The van der Waals surface area contributed by atoms with Gasteiger partial charge in [0.25, 0.3) is 0 Å². The van der Waals surface area contributed by atoms with E-state index in [1.165, 1.54) is 12.8 Å². The fourth-order valence-corrected chi connectivity index (χ4v) is 3.28. The highest BCUT2D eigenvalue weighted by molar-refractivity contribution is 6.31. The van der Waals surface area contributed by atoms with Crippen LogP contribution in [0, 0.1) is 5.92 Å². The monoisotopic (exact) mass is 382 g/mol. The smallest absolute Gasteiger partial charge is 0.307 e. The number of ether oxygens (including phenoxy) is 1. The minimum absolute atomic E-state index is 0.0791. The zero-order valence-electron chi connectivity index (χ0n) is 14.7. The number of carboxylic acids is 1. The molecule has 1 aliphatic rings. The summed E-state index contributed by atoms with van der Waals surface area (Å²) in [6, 6.07) is 10.9. The Morgan fingerprint density at radius 2 is 2.07 bits per heavy atom. The van der Waals surface area contributed by atoms with Crippen molar-refractivity contribution in [3.63, 3.8) is 0 Å². The van der Waals surface area contributed by atoms with E-state index in [4.69, 9.17) is 25.9 Å². The van der Waals surface area contributed by atoms with Gasteiger partial charge >= 0.3 is 5.97 Å². The molecule has 138 valence electrons. The normalized spacial score (nSPS) is 14.1. The summed E-state index contributed by atoms with van der Waals surface area (Å²) in [4.78, 5) is 11.0. The fourth-order valence-electron chi connectivity index (χ4n) is 3.05. The number of aliphatic carboxylic acids is 1. The third-order valence-electron chi connectivity index (χ3n) is 4.61. The molecule has 0 unspecified atom stereocenters. The topological polar surface area (TPSA) is 59.7 Å². The van der Waals surface area contributed by atoms with Crippen molar-refractivity contribution in [2.75, 3.05) is 0 Å². The summed E-state index contributed by atoms with van der Waals surface area (Å²) in [5, 5.41) is 10.6. The van der Waals surface area contributed by atoms with Gasteiger partial charge in [0.15, 0.2) is 0 Å². The van der Waals surface area contributed by atoms with Crippen LogP contribution in [0.25, 0.3) is 17.0 Å². The molecule has 5 heteroatoms. The number of allylic oxidation sites excluding steroid dienone is 1. The average molecular weight is 383 g/mol. The predicted molar refractivity (Wildman–Crippen MR) is 105 cm³/mol. The minimum atomic E-state index is -0.890. The van der Waals surface area contributed by atoms with Crippen molar-refractivity contribution < 1.29 is 19.1 Å². The molecule has 1 saturated carbocycles. The lowest BCUT2D eigenvalue weighted by Crippen LogP contribution is -2.03. The molecular weight excluding hydrogens is 364 g/mol. The molecule has 0 saturated heterocycles. The highest BCUT2D eigenvalue weighted by Crippen LogP contribution is 2.34. The predicted octanol–water partition coefficient (Wildman–Crippen LogP) is 5.72. The van der Waals surface area contributed by atoms with E-state index in [9.17, 15) is 4.79 Å². The number of carbonyl (C=O) groups is 1. The van der Waals surface area contributed by atoms with Crippen LogP contribution in [-0.4, -0.2) is 11.1 Å². The first kappa shape index (κ1) is 17.7. The van der Waals surface area contributed by atoms with Gasteiger partial charge in [-0.05, 0) is 37.0 Å². The molecule has 4 rings (SSSR count). The fraction of sp³-hybridized carbons (Fsp3) is 0.227. The Bertz CT molecular complexity index is 1010. The van der Waals surface area contributed by atoms with Gasteiger partial charge in [0.2, 0.25) is 0 Å². The van der Waals surface area contributed by atoms with Crippen molar-refractivity contribution in [2.45, 2.75) is 25.9 Å². The standard InChI is InChI=1S/C22H19ClO4/c23-18-9-16(8-7-14-5-6-14)22-19(11-18)17(13-27-22)12-26-20-4-2-1-3-15(20)10-21(24)25/h1-4,7-9,11,13-14H,5-6,10,12H2,(H,24,25)/b8-7+. The van der Waals surface area contributed by atoms with Crippen LogP contribution >= 0.6 is 11.6 Å². The number of hydrogen-bond donors (Lipinski definition) is 1. The van der Waals surface area contributed by atoms with E-state index >= 15 is 0 Å². The molecule has 1 N–H and O–H groups in total. The number of fused-ring (bicyclic) bond motifs is 1. The zero-order chi connectivity index (χ0) is 18.8. The van der Waals surface area contributed by atoms with Gasteiger partial charge < -0.3 is 14.3 Å². The van der Waals surface area contributed by atoms with Gasteiger partial charge in [0.05, 0.1) is 12.7 Å². The summed E-state index contributed by atoms with van der Waals surface area (Å²) in [5.74, 6) is 0.339. The number of hydrogen-bond acceptors (Lipinski definition) is 3. The van der Waals surface area contributed by atoms with Crippen LogP contribution in [0.4, 0.5) is 0 Å². The van der Waals surface area contributed by atoms with Crippen LogP contribution < -0.4 is 4.74 Å². The largest absolute Gasteiger partial charge is 0.488 e. The lowest BCUT2D eigenvalue weighted by atomic mass is 10.1. The molecular formula is C22H19ClO4. The molecule has 1 aromatic heterocycles. The summed E-state index contributed by atoms with van der Waals surface area (Å²) < 4.78 is 11.7. The molecule has 0 radical (unpaired) electrons. The molecule has 0 bridgehead atoms. The Morgan fingerprint density at radius 3 is 2.85 bits per heavy atom. The number of rotatable bonds is 7. The van der Waals surface area contributed by atoms with Gasteiger partial charge in [-0.25, -0.2) is 0 Å². The Labute approximate surface area is 162 Å². The van der Waals surface area contributed by atoms with Crippen LogP contribution in [0.2, 0.25) is 5.02 Å². The molecule has 0 amide bonds. The number of para-hydroxylation sites is 1. The lowest BCUT2D eigenvalue weighted by Gasteiger charge is -2.09.